The quantitative estimate of drug-likeness (QED) is 0.904. The fourth-order valence-corrected chi connectivity index (χ4v) is 4.23. The van der Waals surface area contributed by atoms with Gasteiger partial charge in [0.05, 0.1) is 5.69 Å². The average Bonchev–Trinajstić information content (AvgIpc) is 2.59. The van der Waals surface area contributed by atoms with Gasteiger partial charge in [-0.1, -0.05) is 0 Å². The number of aromatic nitrogens is 2. The number of hydrogen-bond acceptors (Lipinski definition) is 4. The molecule has 1 atom stereocenters. The Bertz CT molecular complexity index is 649. The summed E-state index contributed by atoms with van der Waals surface area (Å²) < 4.78 is 0. The van der Waals surface area contributed by atoms with Crippen LogP contribution in [-0.2, 0) is 4.79 Å². The van der Waals surface area contributed by atoms with E-state index in [1.807, 2.05) is 11.8 Å². The van der Waals surface area contributed by atoms with Crippen molar-refractivity contribution in [2.75, 3.05) is 33.2 Å². The zero-order valence-corrected chi connectivity index (χ0v) is 15.5. The van der Waals surface area contributed by atoms with E-state index in [-0.39, 0.29) is 11.5 Å². The van der Waals surface area contributed by atoms with Crippen molar-refractivity contribution in [2.45, 2.75) is 51.4 Å². The Morgan fingerprint density at radius 2 is 2.04 bits per heavy atom. The van der Waals surface area contributed by atoms with Crippen LogP contribution in [0.5, 0.6) is 0 Å². The molecule has 0 aliphatic carbocycles. The predicted molar refractivity (Wildman–Crippen MR) is 97.6 cm³/mol. The van der Waals surface area contributed by atoms with Crippen molar-refractivity contribution >= 4 is 5.91 Å². The lowest BCUT2D eigenvalue weighted by Crippen LogP contribution is -2.39. The highest BCUT2D eigenvalue weighted by atomic mass is 16.2. The Morgan fingerprint density at radius 3 is 2.72 bits per heavy atom. The Labute approximate surface area is 149 Å². The molecule has 2 saturated heterocycles. The summed E-state index contributed by atoms with van der Waals surface area (Å²) in [5.74, 6) is 1.92. The van der Waals surface area contributed by atoms with E-state index in [9.17, 15) is 9.59 Å². The van der Waals surface area contributed by atoms with Gasteiger partial charge in [0.15, 0.2) is 0 Å². The number of carbonyl (C=O) groups excluding carboxylic acids is 1. The van der Waals surface area contributed by atoms with Gasteiger partial charge in [-0.3, -0.25) is 9.59 Å². The second-order valence-corrected chi connectivity index (χ2v) is 7.72. The van der Waals surface area contributed by atoms with E-state index in [0.717, 1.165) is 44.6 Å². The monoisotopic (exact) mass is 346 g/mol. The molecule has 6 heteroatoms. The molecule has 25 heavy (non-hydrogen) atoms. The van der Waals surface area contributed by atoms with Gasteiger partial charge < -0.3 is 14.8 Å². The van der Waals surface area contributed by atoms with Gasteiger partial charge in [-0.05, 0) is 58.5 Å². The van der Waals surface area contributed by atoms with Crippen LogP contribution in [0.25, 0.3) is 0 Å². The molecule has 0 spiro atoms. The fraction of sp³-hybridized carbons (Fsp3) is 0.737. The molecule has 0 bridgehead atoms. The third-order valence-electron chi connectivity index (χ3n) is 5.63. The van der Waals surface area contributed by atoms with Crippen LogP contribution in [0.2, 0.25) is 0 Å². The molecule has 1 aromatic rings. The van der Waals surface area contributed by atoms with Gasteiger partial charge in [0.2, 0.25) is 5.91 Å². The minimum Gasteiger partial charge on any atom is -0.343 e. The molecule has 2 aliphatic rings. The molecule has 1 unspecified atom stereocenters. The number of H-pyrrole nitrogens is 1. The highest BCUT2D eigenvalue weighted by molar-refractivity contribution is 5.76. The van der Waals surface area contributed by atoms with Crippen LogP contribution in [0, 0.1) is 12.8 Å². The molecule has 6 nitrogen and oxygen atoms in total. The number of piperidine rings is 2. The maximum absolute atomic E-state index is 12.5. The average molecular weight is 346 g/mol. The van der Waals surface area contributed by atoms with E-state index in [1.165, 1.54) is 19.4 Å². The van der Waals surface area contributed by atoms with Crippen molar-refractivity contribution in [3.8, 4) is 0 Å². The predicted octanol–water partition coefficient (Wildman–Crippen LogP) is 1.91. The maximum atomic E-state index is 12.5. The van der Waals surface area contributed by atoms with Gasteiger partial charge in [0.25, 0.3) is 5.56 Å². The normalized spacial score (nSPS) is 23.0. The molecule has 0 aromatic carbocycles. The number of aryl methyl sites for hydroxylation is 1. The summed E-state index contributed by atoms with van der Waals surface area (Å²) in [5, 5.41) is 0. The van der Waals surface area contributed by atoms with Crippen molar-refractivity contribution in [1.29, 1.82) is 0 Å². The van der Waals surface area contributed by atoms with Gasteiger partial charge in [-0.2, -0.15) is 0 Å². The number of aromatic amines is 1. The molecule has 1 N–H and O–H groups in total. The lowest BCUT2D eigenvalue weighted by atomic mass is 9.91. The Balaban J connectivity index is 1.46. The lowest BCUT2D eigenvalue weighted by molar-refractivity contribution is -0.132. The number of nitrogens with one attached hydrogen (secondary N) is 1. The highest BCUT2D eigenvalue weighted by Gasteiger charge is 2.26. The van der Waals surface area contributed by atoms with E-state index in [0.29, 0.717) is 24.1 Å². The minimum absolute atomic E-state index is 0.0848. The molecule has 138 valence electrons. The molecule has 3 rings (SSSR count). The van der Waals surface area contributed by atoms with Crippen molar-refractivity contribution < 1.29 is 4.79 Å². The molecule has 2 fully saturated rings. The van der Waals surface area contributed by atoms with Crippen LogP contribution in [0.15, 0.2) is 10.9 Å². The van der Waals surface area contributed by atoms with E-state index in [4.69, 9.17) is 0 Å². The fourth-order valence-electron chi connectivity index (χ4n) is 4.23. The summed E-state index contributed by atoms with van der Waals surface area (Å²) >= 11 is 0. The van der Waals surface area contributed by atoms with Crippen molar-refractivity contribution in [1.82, 2.24) is 19.8 Å². The standard InChI is InChI=1S/C19H30N4O2/c1-14-20-17(12-18(24)21-14)16-7-10-23(11-8-16)19(25)6-5-15-4-3-9-22(2)13-15/h12,15-16H,3-11,13H2,1-2H3,(H,20,21,24). The summed E-state index contributed by atoms with van der Waals surface area (Å²) in [5.41, 5.74) is 0.789. The van der Waals surface area contributed by atoms with Crippen LogP contribution >= 0.6 is 0 Å². The molecule has 1 aromatic heterocycles. The zero-order chi connectivity index (χ0) is 17.8. The smallest absolute Gasteiger partial charge is 0.251 e. The van der Waals surface area contributed by atoms with Crippen molar-refractivity contribution in [3.05, 3.63) is 27.9 Å². The second-order valence-electron chi connectivity index (χ2n) is 7.72. The van der Waals surface area contributed by atoms with Gasteiger partial charge in [0.1, 0.15) is 5.82 Å². The van der Waals surface area contributed by atoms with Crippen LogP contribution in [-0.4, -0.2) is 58.9 Å². The highest BCUT2D eigenvalue weighted by Crippen LogP contribution is 2.27. The summed E-state index contributed by atoms with van der Waals surface area (Å²) in [6.07, 6.45) is 5.99. The first-order chi connectivity index (χ1) is 12.0. The zero-order valence-electron chi connectivity index (χ0n) is 15.5. The number of rotatable bonds is 4. The lowest BCUT2D eigenvalue weighted by Gasteiger charge is -2.33. The number of likely N-dealkylation sites (tertiary alicyclic amines) is 2. The third kappa shape index (κ3) is 4.91. The topological polar surface area (TPSA) is 69.3 Å². The maximum Gasteiger partial charge on any atom is 0.251 e. The molecule has 2 aliphatic heterocycles. The van der Waals surface area contributed by atoms with Gasteiger partial charge in [0, 0.05) is 38.0 Å². The summed E-state index contributed by atoms with van der Waals surface area (Å²) in [7, 11) is 2.17. The molecule has 0 radical (unpaired) electrons. The van der Waals surface area contributed by atoms with Gasteiger partial charge in [-0.25, -0.2) is 4.98 Å². The molecule has 1 amide bonds. The van der Waals surface area contributed by atoms with Gasteiger partial charge >= 0.3 is 0 Å². The van der Waals surface area contributed by atoms with Crippen LogP contribution in [0.4, 0.5) is 0 Å². The van der Waals surface area contributed by atoms with E-state index in [1.54, 1.807) is 6.07 Å². The Kier molecular flexibility index (Phi) is 5.89. The largest absolute Gasteiger partial charge is 0.343 e. The van der Waals surface area contributed by atoms with E-state index in [2.05, 4.69) is 21.9 Å². The van der Waals surface area contributed by atoms with Crippen molar-refractivity contribution in [3.63, 3.8) is 0 Å². The number of nitrogens with zero attached hydrogens (tertiary/aromatic N) is 3. The minimum atomic E-state index is -0.0848. The number of carbonyl (C=O) groups is 1. The van der Waals surface area contributed by atoms with Crippen LogP contribution < -0.4 is 5.56 Å². The second kappa shape index (κ2) is 8.13. The number of amides is 1. The Morgan fingerprint density at radius 1 is 1.28 bits per heavy atom. The molecular weight excluding hydrogens is 316 g/mol. The van der Waals surface area contributed by atoms with E-state index >= 15 is 0 Å². The molecular formula is C19H30N4O2. The first kappa shape index (κ1) is 18.1. The first-order valence-electron chi connectivity index (χ1n) is 9.55. The SMILES string of the molecule is Cc1nc(C2CCN(C(=O)CCC3CCCN(C)C3)CC2)cc(=O)[nH]1. The molecule has 3 heterocycles. The van der Waals surface area contributed by atoms with E-state index < -0.39 is 0 Å². The third-order valence-corrected chi connectivity index (χ3v) is 5.63. The number of hydrogen-bond donors (Lipinski definition) is 1. The summed E-state index contributed by atoms with van der Waals surface area (Å²) in [4.78, 5) is 35.7. The first-order valence-corrected chi connectivity index (χ1v) is 9.55. The molecule has 0 saturated carbocycles. The van der Waals surface area contributed by atoms with Crippen LogP contribution in [0.1, 0.15) is 56.0 Å². The van der Waals surface area contributed by atoms with Gasteiger partial charge in [-0.15, -0.1) is 0 Å². The van der Waals surface area contributed by atoms with Crippen molar-refractivity contribution in [2.24, 2.45) is 5.92 Å². The van der Waals surface area contributed by atoms with Crippen LogP contribution in [0.3, 0.4) is 0 Å². The summed E-state index contributed by atoms with van der Waals surface area (Å²) in [6.45, 7) is 5.69. The summed E-state index contributed by atoms with van der Waals surface area (Å²) in [6, 6.07) is 1.61. The Hall–Kier alpha value is -1.69.